The molecule has 1 atom stereocenters. The fourth-order valence-corrected chi connectivity index (χ4v) is 4.16. The summed E-state index contributed by atoms with van der Waals surface area (Å²) >= 11 is 0. The number of fused-ring (bicyclic) bond motifs is 2. The number of anilines is 1. The summed E-state index contributed by atoms with van der Waals surface area (Å²) < 4.78 is 40.4. The van der Waals surface area contributed by atoms with Crippen molar-refractivity contribution in [1.82, 2.24) is 9.97 Å². The molecule has 1 amide bonds. The molecular weight excluding hydrogens is 407 g/mol. The number of carbonyl (C=O) groups is 1. The molecule has 156 valence electrons. The third-order valence-corrected chi connectivity index (χ3v) is 5.53. The van der Waals surface area contributed by atoms with Crippen LogP contribution >= 0.6 is 0 Å². The normalized spacial score (nSPS) is 18.6. The van der Waals surface area contributed by atoms with Gasteiger partial charge in [0.1, 0.15) is 0 Å². The molecule has 31 heavy (non-hydrogen) atoms. The zero-order chi connectivity index (χ0) is 22.0. The van der Waals surface area contributed by atoms with Gasteiger partial charge in [-0.05, 0) is 48.9 Å². The van der Waals surface area contributed by atoms with Gasteiger partial charge in [-0.3, -0.25) is 9.69 Å². The van der Waals surface area contributed by atoms with Crippen LogP contribution in [-0.2, 0) is 11.9 Å². The second-order valence-corrected chi connectivity index (χ2v) is 7.55. The first-order valence-corrected chi connectivity index (χ1v) is 9.48. The summed E-state index contributed by atoms with van der Waals surface area (Å²) in [5, 5.41) is 12.0. The van der Waals surface area contributed by atoms with E-state index in [0.29, 0.717) is 27.7 Å². The maximum atomic E-state index is 13.5. The zero-order valence-electron chi connectivity index (χ0n) is 16.2. The van der Waals surface area contributed by atoms with Gasteiger partial charge in [0.25, 0.3) is 5.91 Å². The van der Waals surface area contributed by atoms with Gasteiger partial charge < -0.3 is 10.1 Å². The van der Waals surface area contributed by atoms with Gasteiger partial charge in [-0.15, -0.1) is 0 Å². The molecule has 2 heterocycles. The fourth-order valence-electron chi connectivity index (χ4n) is 4.16. The number of hydrogen-bond acceptors (Lipinski definition) is 3. The van der Waals surface area contributed by atoms with Gasteiger partial charge in [0.2, 0.25) is 0 Å². The average molecular weight is 423 g/mol. The summed E-state index contributed by atoms with van der Waals surface area (Å²) in [6, 6.07) is 14.8. The second kappa shape index (κ2) is 6.42. The van der Waals surface area contributed by atoms with Crippen LogP contribution in [0, 0.1) is 6.92 Å². The van der Waals surface area contributed by atoms with E-state index in [4.69, 9.17) is 0 Å². The van der Waals surface area contributed by atoms with Gasteiger partial charge in [-0.1, -0.05) is 24.3 Å². The van der Waals surface area contributed by atoms with E-state index in [-0.39, 0.29) is 11.3 Å². The number of halogens is 3. The molecule has 1 aromatic heterocycles. The van der Waals surface area contributed by atoms with Crippen LogP contribution in [-0.4, -0.2) is 21.0 Å². The highest BCUT2D eigenvalue weighted by Gasteiger charge is 2.51. The summed E-state index contributed by atoms with van der Waals surface area (Å²) in [7, 11) is 0. The topological polar surface area (TPSA) is 69.2 Å². The lowest BCUT2D eigenvalue weighted by Gasteiger charge is -2.35. The number of aromatic nitrogens is 2. The van der Waals surface area contributed by atoms with Gasteiger partial charge in [-0.25, -0.2) is 4.98 Å². The predicted octanol–water partition coefficient (Wildman–Crippen LogP) is 4.74. The molecule has 0 bridgehead atoms. The molecule has 4 aromatic rings. The first-order chi connectivity index (χ1) is 14.7. The van der Waals surface area contributed by atoms with Crippen LogP contribution in [0.1, 0.15) is 32.6 Å². The van der Waals surface area contributed by atoms with E-state index in [2.05, 4.69) is 9.97 Å². The number of alkyl halides is 3. The van der Waals surface area contributed by atoms with Gasteiger partial charge in [0.05, 0.1) is 22.9 Å². The van der Waals surface area contributed by atoms with Gasteiger partial charge >= 0.3 is 6.18 Å². The lowest BCUT2D eigenvalue weighted by Crippen LogP contribution is -2.45. The van der Waals surface area contributed by atoms with Crippen LogP contribution in [0.5, 0.6) is 0 Å². The van der Waals surface area contributed by atoms with Crippen LogP contribution in [0.4, 0.5) is 18.9 Å². The number of aryl methyl sites for hydroxylation is 1. The lowest BCUT2D eigenvalue weighted by molar-refractivity contribution is -0.137. The minimum atomic E-state index is -4.59. The van der Waals surface area contributed by atoms with E-state index in [1.54, 1.807) is 42.5 Å². The molecule has 5 nitrogen and oxygen atoms in total. The number of benzene rings is 3. The number of aliphatic hydroxyl groups is 1. The van der Waals surface area contributed by atoms with Crippen LogP contribution in [0.3, 0.4) is 0 Å². The molecule has 3 aromatic carbocycles. The molecular formula is C23H16F3N3O2. The molecule has 0 spiro atoms. The van der Waals surface area contributed by atoms with Crippen LogP contribution < -0.4 is 4.90 Å². The van der Waals surface area contributed by atoms with E-state index < -0.39 is 23.4 Å². The van der Waals surface area contributed by atoms with Crippen LogP contribution in [0.2, 0.25) is 0 Å². The number of imidazole rings is 1. The molecule has 5 rings (SSSR count). The van der Waals surface area contributed by atoms with E-state index in [0.717, 1.165) is 17.0 Å². The summed E-state index contributed by atoms with van der Waals surface area (Å²) in [6.45, 7) is 1.52. The van der Waals surface area contributed by atoms with Crippen LogP contribution in [0.15, 0.2) is 67.0 Å². The Kier molecular flexibility index (Phi) is 4.00. The Bertz CT molecular complexity index is 1350. The zero-order valence-corrected chi connectivity index (χ0v) is 16.2. The van der Waals surface area contributed by atoms with Gasteiger partial charge in [-0.2, -0.15) is 13.2 Å². The minimum absolute atomic E-state index is 0.0410. The van der Waals surface area contributed by atoms with Crippen molar-refractivity contribution < 1.29 is 23.1 Å². The Morgan fingerprint density at radius 1 is 1.06 bits per heavy atom. The molecule has 1 unspecified atom stereocenters. The summed E-state index contributed by atoms with van der Waals surface area (Å²) in [5.74, 6) is -0.582. The Morgan fingerprint density at radius 3 is 2.61 bits per heavy atom. The molecule has 0 radical (unpaired) electrons. The smallest absolute Gasteiger partial charge is 0.363 e. The Morgan fingerprint density at radius 2 is 1.84 bits per heavy atom. The number of rotatable bonds is 2. The van der Waals surface area contributed by atoms with E-state index in [9.17, 15) is 23.1 Å². The first kappa shape index (κ1) is 19.3. The highest BCUT2D eigenvalue weighted by atomic mass is 19.4. The van der Waals surface area contributed by atoms with Gasteiger partial charge in [0.15, 0.2) is 5.72 Å². The molecule has 2 N–H and O–H groups in total. The molecule has 1 aliphatic heterocycles. The van der Waals surface area contributed by atoms with E-state index in [1.807, 2.05) is 0 Å². The summed E-state index contributed by atoms with van der Waals surface area (Å²) in [5.41, 5.74) is -0.465. The lowest BCUT2D eigenvalue weighted by atomic mass is 9.93. The minimum Gasteiger partial charge on any atom is -0.363 e. The van der Waals surface area contributed by atoms with Crippen molar-refractivity contribution in [3.8, 4) is 0 Å². The van der Waals surface area contributed by atoms with Crippen molar-refractivity contribution in [3.63, 3.8) is 0 Å². The van der Waals surface area contributed by atoms with E-state index >= 15 is 0 Å². The standard InChI is InChI=1S/C23H16F3N3O2/c1-13-8-15(23(24,25)26)10-16(9-13)29-21(30)17-4-2-3-5-18(17)22(29,31)14-6-7-19-20(11-14)28-12-27-19/h2-12,31H,1H3,(H,27,28). The second-order valence-electron chi connectivity index (χ2n) is 7.55. The third kappa shape index (κ3) is 2.83. The Labute approximate surface area is 174 Å². The molecule has 0 saturated carbocycles. The number of aromatic amines is 1. The van der Waals surface area contributed by atoms with Crippen molar-refractivity contribution in [2.75, 3.05) is 4.90 Å². The van der Waals surface area contributed by atoms with Crippen molar-refractivity contribution >= 4 is 22.6 Å². The largest absolute Gasteiger partial charge is 0.416 e. The number of hydrogen-bond donors (Lipinski definition) is 2. The van der Waals surface area contributed by atoms with E-state index in [1.165, 1.54) is 19.3 Å². The van der Waals surface area contributed by atoms with Crippen molar-refractivity contribution in [3.05, 3.63) is 94.8 Å². The maximum Gasteiger partial charge on any atom is 0.416 e. The first-order valence-electron chi connectivity index (χ1n) is 9.48. The maximum absolute atomic E-state index is 13.5. The third-order valence-electron chi connectivity index (χ3n) is 5.53. The molecule has 1 aliphatic rings. The molecule has 0 fully saturated rings. The van der Waals surface area contributed by atoms with Gasteiger partial charge in [0, 0.05) is 22.4 Å². The number of H-pyrrole nitrogens is 1. The number of carbonyl (C=O) groups excluding carboxylic acids is 1. The van der Waals surface area contributed by atoms with Crippen LogP contribution in [0.25, 0.3) is 11.0 Å². The number of nitrogens with one attached hydrogen (secondary N) is 1. The molecule has 0 aliphatic carbocycles. The molecule has 0 saturated heterocycles. The SMILES string of the molecule is Cc1cc(N2C(=O)c3ccccc3C2(O)c2ccc3nc[nH]c3c2)cc(C(F)(F)F)c1. The van der Waals surface area contributed by atoms with Crippen molar-refractivity contribution in [1.29, 1.82) is 0 Å². The Balaban J connectivity index is 1.78. The number of nitrogens with zero attached hydrogens (tertiary/aromatic N) is 2. The molecule has 8 heteroatoms. The summed E-state index contributed by atoms with van der Waals surface area (Å²) in [6.07, 6.45) is -3.09. The highest BCUT2D eigenvalue weighted by molar-refractivity contribution is 6.12. The fraction of sp³-hybridized carbons (Fsp3) is 0.130. The predicted molar refractivity (Wildman–Crippen MR) is 109 cm³/mol. The van der Waals surface area contributed by atoms with Crippen molar-refractivity contribution in [2.45, 2.75) is 18.8 Å². The highest BCUT2D eigenvalue weighted by Crippen LogP contribution is 2.46. The van der Waals surface area contributed by atoms with Crippen molar-refractivity contribution in [2.24, 2.45) is 0 Å². The Hall–Kier alpha value is -3.65. The number of amides is 1. The monoisotopic (exact) mass is 423 g/mol. The summed E-state index contributed by atoms with van der Waals surface area (Å²) in [4.78, 5) is 21.5. The average Bonchev–Trinajstić information content (AvgIpc) is 3.28. The quantitative estimate of drug-likeness (QED) is 0.489.